The minimum Gasteiger partial charge on any atom is -0.442 e. The van der Waals surface area contributed by atoms with E-state index in [1.807, 2.05) is 31.2 Å². The van der Waals surface area contributed by atoms with Gasteiger partial charge in [-0.25, -0.2) is 4.79 Å². The van der Waals surface area contributed by atoms with Gasteiger partial charge in [-0.3, -0.25) is 0 Å². The van der Waals surface area contributed by atoms with Crippen LogP contribution in [0.5, 0.6) is 0 Å². The molecular weight excluding hydrogens is 376 g/mol. The molecule has 1 aromatic heterocycles. The largest absolute Gasteiger partial charge is 0.442 e. The van der Waals surface area contributed by atoms with Crippen LogP contribution in [0.4, 0.5) is 0 Å². The SMILES string of the molecule is C#CC(C)(OC(=O)c1ccc(-[s+]2ccc3ccccc32)cc1)C1C=C(C)CCC1. The Kier molecular flexibility index (Phi) is 5.30. The van der Waals surface area contributed by atoms with Gasteiger partial charge in [0.25, 0.3) is 0 Å². The minimum atomic E-state index is -0.924. The van der Waals surface area contributed by atoms with Crippen molar-refractivity contribution in [2.24, 2.45) is 5.92 Å². The van der Waals surface area contributed by atoms with Crippen LogP contribution in [0.15, 0.2) is 71.6 Å². The average Bonchev–Trinajstić information content (AvgIpc) is 3.18. The number of carbonyl (C=O) groups excluding carboxylic acids is 1. The van der Waals surface area contributed by atoms with Gasteiger partial charge in [-0.1, -0.05) is 29.7 Å². The molecule has 2 aromatic carbocycles. The van der Waals surface area contributed by atoms with Gasteiger partial charge in [0.1, 0.15) is 5.38 Å². The number of allylic oxidation sites excluding steroid dienone is 1. The van der Waals surface area contributed by atoms with Gasteiger partial charge >= 0.3 is 5.97 Å². The van der Waals surface area contributed by atoms with Crippen molar-refractivity contribution in [1.82, 2.24) is 0 Å². The van der Waals surface area contributed by atoms with Crippen LogP contribution in [0.1, 0.15) is 43.5 Å². The molecule has 0 radical (unpaired) electrons. The highest BCUT2D eigenvalue weighted by Crippen LogP contribution is 2.39. The van der Waals surface area contributed by atoms with Crippen LogP contribution in [0, 0.1) is 18.3 Å². The van der Waals surface area contributed by atoms with E-state index in [-0.39, 0.29) is 22.4 Å². The number of rotatable bonds is 4. The van der Waals surface area contributed by atoms with Crippen LogP contribution >= 0.6 is 10.5 Å². The number of fused-ring (bicyclic) bond motifs is 1. The Balaban J connectivity index is 1.55. The van der Waals surface area contributed by atoms with Crippen LogP contribution in [-0.4, -0.2) is 11.6 Å². The second-order valence-corrected chi connectivity index (χ2v) is 9.71. The maximum Gasteiger partial charge on any atom is 0.339 e. The Morgan fingerprint density at radius 2 is 1.93 bits per heavy atom. The lowest BCUT2D eigenvalue weighted by Gasteiger charge is -2.33. The standard InChI is InChI=1S/C26H25O2S/c1-4-26(3,22-10-7-8-19(2)18-22)28-25(27)21-12-14-23(15-13-21)29-17-16-20-9-5-6-11-24(20)29/h1,5-6,9,11-18,22H,7-8,10H2,2-3H3/q+1. The first kappa shape index (κ1) is 19.5. The number of thiophene rings is 1. The zero-order valence-electron chi connectivity index (χ0n) is 16.9. The third kappa shape index (κ3) is 3.86. The summed E-state index contributed by atoms with van der Waals surface area (Å²) < 4.78 is 7.17. The zero-order chi connectivity index (χ0) is 20.4. The average molecular weight is 402 g/mol. The molecule has 0 saturated carbocycles. The predicted molar refractivity (Wildman–Crippen MR) is 122 cm³/mol. The fourth-order valence-electron chi connectivity index (χ4n) is 3.99. The van der Waals surface area contributed by atoms with Gasteiger partial charge in [0.05, 0.1) is 5.56 Å². The first-order valence-corrected chi connectivity index (χ1v) is 11.3. The lowest BCUT2D eigenvalue weighted by atomic mass is 9.80. The first-order valence-electron chi connectivity index (χ1n) is 9.99. The Morgan fingerprint density at radius 1 is 1.17 bits per heavy atom. The lowest BCUT2D eigenvalue weighted by Crippen LogP contribution is -2.38. The van der Waals surface area contributed by atoms with Crippen molar-refractivity contribution in [3.63, 3.8) is 0 Å². The Hall–Kier alpha value is -2.83. The van der Waals surface area contributed by atoms with Gasteiger partial charge in [-0.2, -0.15) is 0 Å². The summed E-state index contributed by atoms with van der Waals surface area (Å²) in [6.07, 6.45) is 11.1. The zero-order valence-corrected chi connectivity index (χ0v) is 17.7. The van der Waals surface area contributed by atoms with E-state index >= 15 is 0 Å². The van der Waals surface area contributed by atoms with Crippen LogP contribution in [-0.2, 0) is 4.74 Å². The number of terminal acetylenes is 1. The second kappa shape index (κ2) is 7.89. The minimum absolute atomic E-state index is 0.0612. The Labute approximate surface area is 175 Å². The molecule has 1 aliphatic carbocycles. The van der Waals surface area contributed by atoms with Crippen molar-refractivity contribution in [2.45, 2.75) is 38.7 Å². The van der Waals surface area contributed by atoms with Crippen LogP contribution in [0.2, 0.25) is 0 Å². The van der Waals surface area contributed by atoms with Crippen LogP contribution in [0.3, 0.4) is 0 Å². The third-order valence-electron chi connectivity index (χ3n) is 5.75. The monoisotopic (exact) mass is 401 g/mol. The maximum absolute atomic E-state index is 12.8. The van der Waals surface area contributed by atoms with Crippen molar-refractivity contribution in [3.8, 4) is 17.2 Å². The van der Waals surface area contributed by atoms with Gasteiger partial charge in [0, 0.05) is 27.8 Å². The fourth-order valence-corrected chi connectivity index (χ4v) is 5.87. The van der Waals surface area contributed by atoms with E-state index in [4.69, 9.17) is 11.2 Å². The highest BCUT2D eigenvalue weighted by Gasteiger charge is 2.36. The summed E-state index contributed by atoms with van der Waals surface area (Å²) in [4.78, 5) is 14.0. The fraction of sp³-hybridized carbons (Fsp3) is 0.269. The van der Waals surface area contributed by atoms with Gasteiger partial charge in [-0.15, -0.1) is 6.42 Å². The van der Waals surface area contributed by atoms with E-state index in [0.29, 0.717) is 5.56 Å². The molecule has 3 unspecified atom stereocenters. The van der Waals surface area contributed by atoms with Crippen LogP contribution in [0.25, 0.3) is 15.0 Å². The van der Waals surface area contributed by atoms with Gasteiger partial charge in [0.15, 0.2) is 15.2 Å². The van der Waals surface area contributed by atoms with E-state index in [0.717, 1.165) is 19.3 Å². The topological polar surface area (TPSA) is 26.3 Å². The van der Waals surface area contributed by atoms with E-state index in [1.54, 1.807) is 0 Å². The molecule has 0 bridgehead atoms. The number of esters is 1. The quantitative estimate of drug-likeness (QED) is 0.206. The number of hydrogen-bond donors (Lipinski definition) is 0. The first-order chi connectivity index (χ1) is 14.0. The summed E-state index contributed by atoms with van der Waals surface area (Å²) in [5.41, 5.74) is 0.924. The second-order valence-electron chi connectivity index (χ2n) is 7.86. The van der Waals surface area contributed by atoms with Gasteiger partial charge in [0.2, 0.25) is 0 Å². The molecule has 146 valence electrons. The number of hydrogen-bond acceptors (Lipinski definition) is 2. The van der Waals surface area contributed by atoms with E-state index in [2.05, 4.69) is 54.6 Å². The van der Waals surface area contributed by atoms with Gasteiger partial charge in [-0.05, 0) is 69.5 Å². The highest BCUT2D eigenvalue weighted by atomic mass is 32.2. The maximum atomic E-state index is 12.8. The molecule has 0 amide bonds. The van der Waals surface area contributed by atoms with Gasteiger partial charge < -0.3 is 4.74 Å². The highest BCUT2D eigenvalue weighted by molar-refractivity contribution is 7.43. The summed E-state index contributed by atoms with van der Waals surface area (Å²) in [6, 6.07) is 18.3. The third-order valence-corrected chi connectivity index (χ3v) is 7.79. The smallest absolute Gasteiger partial charge is 0.339 e. The van der Waals surface area contributed by atoms with Crippen molar-refractivity contribution >= 4 is 26.5 Å². The summed E-state index contributed by atoms with van der Waals surface area (Å²) in [5, 5.41) is 3.49. The molecule has 0 spiro atoms. The molecule has 0 N–H and O–H groups in total. The molecular formula is C26H25O2S+. The van der Waals surface area contributed by atoms with E-state index in [9.17, 15) is 4.79 Å². The normalized spacial score (nSPS) is 19.1. The van der Waals surface area contributed by atoms with Crippen molar-refractivity contribution in [3.05, 3.63) is 77.2 Å². The molecule has 0 aliphatic heterocycles. The molecule has 0 saturated heterocycles. The van der Waals surface area contributed by atoms with Crippen LogP contribution < -0.4 is 0 Å². The molecule has 2 nitrogen and oxygen atoms in total. The van der Waals surface area contributed by atoms with E-state index < -0.39 is 5.60 Å². The summed E-state index contributed by atoms with van der Waals surface area (Å²) in [7, 11) is -0.0884. The molecule has 1 aliphatic rings. The summed E-state index contributed by atoms with van der Waals surface area (Å²) in [5.74, 6) is 2.44. The number of benzene rings is 2. The number of carbonyl (C=O) groups is 1. The van der Waals surface area contributed by atoms with Crippen molar-refractivity contribution in [2.75, 3.05) is 0 Å². The molecule has 3 aromatic rings. The Bertz CT molecular complexity index is 1110. The molecule has 3 atom stereocenters. The predicted octanol–water partition coefficient (Wildman–Crippen LogP) is 6.87. The molecule has 1 heterocycles. The van der Waals surface area contributed by atoms with Crippen molar-refractivity contribution < 1.29 is 9.53 Å². The molecule has 29 heavy (non-hydrogen) atoms. The molecule has 0 fully saturated rings. The van der Waals surface area contributed by atoms with Crippen molar-refractivity contribution in [1.29, 1.82) is 0 Å². The molecule has 4 rings (SSSR count). The number of ether oxygens (including phenoxy) is 1. The van der Waals surface area contributed by atoms with E-state index in [1.165, 1.54) is 20.6 Å². The molecule has 3 heteroatoms. The summed E-state index contributed by atoms with van der Waals surface area (Å²) in [6.45, 7) is 3.96. The Morgan fingerprint density at radius 3 is 2.66 bits per heavy atom. The lowest BCUT2D eigenvalue weighted by molar-refractivity contribution is -0.00316. The summed E-state index contributed by atoms with van der Waals surface area (Å²) >= 11 is 0.